The van der Waals surface area contributed by atoms with Gasteiger partial charge in [0.15, 0.2) is 5.88 Å². The standard InChI is InChI=1S/C20H20N4O5.C2H6/c1-10-7-16(29-2)23-17(10)19(27)21-12-3-4-13-11(8-12)9-24(20(13)28)14-5-6-15(25)22-18(14)26;1-2/h3-4,7-8,14,23H,5-6,9H2,1-2H3,(H,21,27)(H,22,25,26);1-2H3. The van der Waals surface area contributed by atoms with E-state index in [1.165, 1.54) is 12.0 Å². The van der Waals surface area contributed by atoms with Crippen LogP contribution in [-0.4, -0.2) is 46.7 Å². The highest BCUT2D eigenvalue weighted by Gasteiger charge is 2.39. The Kier molecular flexibility index (Phi) is 6.43. The zero-order chi connectivity index (χ0) is 22.7. The van der Waals surface area contributed by atoms with Gasteiger partial charge in [-0.2, -0.15) is 0 Å². The lowest BCUT2D eigenvalue weighted by Crippen LogP contribution is -2.52. The normalized spacial score (nSPS) is 17.5. The van der Waals surface area contributed by atoms with Crippen LogP contribution in [0.1, 0.15) is 58.7 Å². The summed E-state index contributed by atoms with van der Waals surface area (Å²) in [5.41, 5.74) is 2.90. The van der Waals surface area contributed by atoms with Gasteiger partial charge >= 0.3 is 0 Å². The number of nitrogens with one attached hydrogen (secondary N) is 3. The molecule has 1 atom stereocenters. The van der Waals surface area contributed by atoms with E-state index in [1.807, 2.05) is 13.8 Å². The molecule has 9 nitrogen and oxygen atoms in total. The van der Waals surface area contributed by atoms with Gasteiger partial charge in [0, 0.05) is 30.3 Å². The molecule has 0 saturated carbocycles. The van der Waals surface area contributed by atoms with E-state index in [-0.39, 0.29) is 30.7 Å². The first kappa shape index (κ1) is 22.1. The van der Waals surface area contributed by atoms with Crippen LogP contribution in [0.2, 0.25) is 0 Å². The summed E-state index contributed by atoms with van der Waals surface area (Å²) in [6.07, 6.45) is 0.513. The number of rotatable bonds is 4. The van der Waals surface area contributed by atoms with Crippen molar-refractivity contribution in [2.45, 2.75) is 46.2 Å². The number of ether oxygens (including phenoxy) is 1. The molecule has 0 radical (unpaired) electrons. The van der Waals surface area contributed by atoms with Crippen LogP contribution < -0.4 is 15.4 Å². The molecule has 2 aliphatic heterocycles. The molecule has 4 amide bonds. The smallest absolute Gasteiger partial charge is 0.272 e. The number of anilines is 1. The maximum absolute atomic E-state index is 12.7. The van der Waals surface area contributed by atoms with Crippen molar-refractivity contribution >= 4 is 29.3 Å². The molecule has 1 aromatic carbocycles. The van der Waals surface area contributed by atoms with E-state index < -0.39 is 11.9 Å². The Labute approximate surface area is 180 Å². The number of carbonyl (C=O) groups excluding carboxylic acids is 4. The predicted octanol–water partition coefficient (Wildman–Crippen LogP) is 2.37. The number of hydrogen-bond acceptors (Lipinski definition) is 5. The van der Waals surface area contributed by atoms with Crippen molar-refractivity contribution in [1.29, 1.82) is 0 Å². The fourth-order valence-electron chi connectivity index (χ4n) is 3.72. The Morgan fingerprint density at radius 3 is 2.58 bits per heavy atom. The number of methoxy groups -OCH3 is 1. The number of benzene rings is 1. The number of aromatic amines is 1. The first-order valence-electron chi connectivity index (χ1n) is 10.2. The molecule has 0 aliphatic carbocycles. The summed E-state index contributed by atoms with van der Waals surface area (Å²) < 4.78 is 5.10. The van der Waals surface area contributed by atoms with Crippen LogP contribution in [-0.2, 0) is 16.1 Å². The van der Waals surface area contributed by atoms with Crippen LogP contribution in [0.4, 0.5) is 5.69 Å². The number of hydrogen-bond donors (Lipinski definition) is 3. The molecular weight excluding hydrogens is 400 g/mol. The Hall–Kier alpha value is -3.62. The molecule has 0 spiro atoms. The lowest BCUT2D eigenvalue weighted by molar-refractivity contribution is -0.136. The van der Waals surface area contributed by atoms with Crippen LogP contribution in [0.25, 0.3) is 0 Å². The second-order valence-corrected chi connectivity index (χ2v) is 7.12. The Balaban J connectivity index is 0.00000132. The molecule has 2 aromatic rings. The average molecular weight is 426 g/mol. The first-order chi connectivity index (χ1) is 14.9. The fourth-order valence-corrected chi connectivity index (χ4v) is 3.72. The highest BCUT2D eigenvalue weighted by molar-refractivity contribution is 6.07. The Morgan fingerprint density at radius 2 is 1.94 bits per heavy atom. The van der Waals surface area contributed by atoms with Crippen molar-refractivity contribution in [2.75, 3.05) is 12.4 Å². The molecule has 9 heteroatoms. The maximum Gasteiger partial charge on any atom is 0.272 e. The molecule has 2 aliphatic rings. The van der Waals surface area contributed by atoms with Crippen molar-refractivity contribution in [3.8, 4) is 5.88 Å². The number of imide groups is 1. The van der Waals surface area contributed by atoms with E-state index >= 15 is 0 Å². The summed E-state index contributed by atoms with van der Waals surface area (Å²) in [5, 5.41) is 5.09. The quantitative estimate of drug-likeness (QED) is 0.648. The SMILES string of the molecule is CC.COc1cc(C)c(C(=O)Nc2ccc3c(c2)CN(C2CCC(=O)NC2=O)C3=O)[nH]1. The van der Waals surface area contributed by atoms with Crippen molar-refractivity contribution in [1.82, 2.24) is 15.2 Å². The first-order valence-corrected chi connectivity index (χ1v) is 10.2. The molecule has 3 N–H and O–H groups in total. The summed E-state index contributed by atoms with van der Waals surface area (Å²) in [6.45, 7) is 6.05. The van der Waals surface area contributed by atoms with Gasteiger partial charge in [0.05, 0.1) is 7.11 Å². The third-order valence-corrected chi connectivity index (χ3v) is 5.22. The van der Waals surface area contributed by atoms with E-state index in [9.17, 15) is 19.2 Å². The zero-order valence-corrected chi connectivity index (χ0v) is 18.0. The van der Waals surface area contributed by atoms with Gasteiger partial charge in [0.1, 0.15) is 11.7 Å². The average Bonchev–Trinajstić information content (AvgIpc) is 3.29. The second kappa shape index (κ2) is 9.03. The largest absolute Gasteiger partial charge is 0.482 e. The number of amides is 4. The summed E-state index contributed by atoms with van der Waals surface area (Å²) in [5.74, 6) is -0.856. The third kappa shape index (κ3) is 4.30. The molecule has 1 unspecified atom stereocenters. The minimum atomic E-state index is -0.667. The number of nitrogens with zero attached hydrogens (tertiary/aromatic N) is 1. The van der Waals surface area contributed by atoms with Gasteiger partial charge < -0.3 is 19.9 Å². The van der Waals surface area contributed by atoms with E-state index in [4.69, 9.17) is 4.74 Å². The number of aryl methyl sites for hydroxylation is 1. The molecule has 0 bridgehead atoms. The summed E-state index contributed by atoms with van der Waals surface area (Å²) in [4.78, 5) is 53.1. The highest BCUT2D eigenvalue weighted by atomic mass is 16.5. The van der Waals surface area contributed by atoms with Gasteiger partial charge in [-0.3, -0.25) is 24.5 Å². The number of H-pyrrole nitrogens is 1. The van der Waals surface area contributed by atoms with Crippen molar-refractivity contribution in [2.24, 2.45) is 0 Å². The van der Waals surface area contributed by atoms with E-state index in [0.29, 0.717) is 29.2 Å². The molecule has 1 fully saturated rings. The Bertz CT molecular complexity index is 1040. The zero-order valence-electron chi connectivity index (χ0n) is 18.0. The number of aromatic nitrogens is 1. The molecule has 1 aromatic heterocycles. The van der Waals surface area contributed by atoms with E-state index in [1.54, 1.807) is 31.2 Å². The van der Waals surface area contributed by atoms with Crippen molar-refractivity contribution in [3.05, 3.63) is 46.6 Å². The van der Waals surface area contributed by atoms with Gasteiger partial charge in [-0.25, -0.2) is 0 Å². The lowest BCUT2D eigenvalue weighted by Gasteiger charge is -2.29. The van der Waals surface area contributed by atoms with Crippen LogP contribution in [0, 0.1) is 6.92 Å². The van der Waals surface area contributed by atoms with Crippen LogP contribution >= 0.6 is 0 Å². The topological polar surface area (TPSA) is 121 Å². The van der Waals surface area contributed by atoms with Gasteiger partial charge in [-0.05, 0) is 42.7 Å². The predicted molar refractivity (Wildman–Crippen MR) is 114 cm³/mol. The maximum atomic E-state index is 12.7. The van der Waals surface area contributed by atoms with Gasteiger partial charge in [0.2, 0.25) is 11.8 Å². The summed E-state index contributed by atoms with van der Waals surface area (Å²) in [7, 11) is 1.51. The van der Waals surface area contributed by atoms with Crippen molar-refractivity contribution in [3.63, 3.8) is 0 Å². The molecule has 31 heavy (non-hydrogen) atoms. The minimum absolute atomic E-state index is 0.205. The number of carbonyl (C=O) groups is 4. The summed E-state index contributed by atoms with van der Waals surface area (Å²) in [6, 6.07) is 6.08. The van der Waals surface area contributed by atoms with Crippen LogP contribution in [0.15, 0.2) is 24.3 Å². The monoisotopic (exact) mass is 426 g/mol. The molecule has 164 valence electrons. The molecule has 4 rings (SSSR count). The lowest BCUT2D eigenvalue weighted by atomic mass is 10.0. The second-order valence-electron chi connectivity index (χ2n) is 7.12. The van der Waals surface area contributed by atoms with E-state index in [0.717, 1.165) is 11.1 Å². The minimum Gasteiger partial charge on any atom is -0.482 e. The summed E-state index contributed by atoms with van der Waals surface area (Å²) >= 11 is 0. The van der Waals surface area contributed by atoms with E-state index in [2.05, 4.69) is 15.6 Å². The van der Waals surface area contributed by atoms with Gasteiger partial charge in [-0.15, -0.1) is 0 Å². The third-order valence-electron chi connectivity index (χ3n) is 5.22. The van der Waals surface area contributed by atoms with Crippen LogP contribution in [0.5, 0.6) is 5.88 Å². The van der Waals surface area contributed by atoms with Crippen molar-refractivity contribution < 1.29 is 23.9 Å². The van der Waals surface area contributed by atoms with Gasteiger partial charge in [0.25, 0.3) is 11.8 Å². The number of piperidine rings is 1. The fraction of sp³-hybridized carbons (Fsp3) is 0.364. The molecule has 3 heterocycles. The molecule has 1 saturated heterocycles. The van der Waals surface area contributed by atoms with Gasteiger partial charge in [-0.1, -0.05) is 13.8 Å². The number of fused-ring (bicyclic) bond motifs is 1. The Morgan fingerprint density at radius 1 is 1.19 bits per heavy atom. The molecular formula is C22H26N4O5. The van der Waals surface area contributed by atoms with Crippen LogP contribution in [0.3, 0.4) is 0 Å². The highest BCUT2D eigenvalue weighted by Crippen LogP contribution is 2.29.